The highest BCUT2D eigenvalue weighted by Crippen LogP contribution is 2.32. The Morgan fingerprint density at radius 3 is 2.35 bits per heavy atom. The van der Waals surface area contributed by atoms with Gasteiger partial charge in [0.05, 0.1) is 26.4 Å². The summed E-state index contributed by atoms with van der Waals surface area (Å²) in [7, 11) is 1.65. The molecule has 2 aromatic rings. The molecule has 31 heavy (non-hydrogen) atoms. The Morgan fingerprint density at radius 2 is 1.74 bits per heavy atom. The van der Waals surface area contributed by atoms with Gasteiger partial charge in [0.15, 0.2) is 0 Å². The summed E-state index contributed by atoms with van der Waals surface area (Å²) >= 11 is 0. The van der Waals surface area contributed by atoms with Gasteiger partial charge in [0.1, 0.15) is 11.4 Å². The van der Waals surface area contributed by atoms with Crippen molar-refractivity contribution in [2.24, 2.45) is 0 Å². The molecule has 168 valence electrons. The van der Waals surface area contributed by atoms with Crippen molar-refractivity contribution in [1.29, 1.82) is 0 Å². The van der Waals surface area contributed by atoms with Crippen LogP contribution in [-0.4, -0.2) is 43.1 Å². The lowest BCUT2D eigenvalue weighted by atomic mass is 9.87. The molecule has 0 aliphatic carbocycles. The van der Waals surface area contributed by atoms with Gasteiger partial charge >= 0.3 is 6.16 Å². The highest BCUT2D eigenvalue weighted by atomic mass is 16.8. The van der Waals surface area contributed by atoms with Crippen LogP contribution in [0.25, 0.3) is 0 Å². The number of rotatable bonds is 6. The first-order chi connectivity index (χ1) is 14.7. The van der Waals surface area contributed by atoms with Crippen molar-refractivity contribution in [3.8, 4) is 5.75 Å². The maximum absolute atomic E-state index is 12.1. The summed E-state index contributed by atoms with van der Waals surface area (Å²) in [4.78, 5) is 17.6. The second-order valence-corrected chi connectivity index (χ2v) is 8.95. The molecule has 0 N–H and O–H groups in total. The topological polar surface area (TPSA) is 57.2 Å². The molecule has 1 heterocycles. The summed E-state index contributed by atoms with van der Waals surface area (Å²) in [6, 6.07) is 16.4. The minimum atomic E-state index is -0.685. The number of hydrogen-bond acceptors (Lipinski definition) is 6. The number of methoxy groups -OCH3 is 1. The van der Waals surface area contributed by atoms with Gasteiger partial charge in [-0.15, -0.1) is 5.06 Å². The third kappa shape index (κ3) is 6.97. The van der Waals surface area contributed by atoms with Crippen molar-refractivity contribution < 1.29 is 23.8 Å². The van der Waals surface area contributed by atoms with Crippen molar-refractivity contribution in [1.82, 2.24) is 5.06 Å². The smallest absolute Gasteiger partial charge is 0.497 e. The van der Waals surface area contributed by atoms with Crippen LogP contribution in [0.1, 0.15) is 49.8 Å². The summed E-state index contributed by atoms with van der Waals surface area (Å²) in [6.45, 7) is 9.11. The number of ether oxygens (including phenoxy) is 3. The van der Waals surface area contributed by atoms with Gasteiger partial charge in [0, 0.05) is 12.5 Å². The first-order valence-corrected chi connectivity index (χ1v) is 10.7. The Labute approximate surface area is 185 Å². The zero-order valence-electron chi connectivity index (χ0n) is 19.1. The molecule has 0 spiro atoms. The van der Waals surface area contributed by atoms with Gasteiger partial charge in [0.2, 0.25) is 0 Å². The van der Waals surface area contributed by atoms with E-state index in [2.05, 4.69) is 31.2 Å². The molecule has 2 atom stereocenters. The maximum atomic E-state index is 12.1. The molecule has 1 aliphatic rings. The van der Waals surface area contributed by atoms with Gasteiger partial charge < -0.3 is 19.0 Å². The quantitative estimate of drug-likeness (QED) is 0.587. The number of aryl methyl sites for hydroxylation is 1. The molecular weight excluding hydrogens is 394 g/mol. The van der Waals surface area contributed by atoms with E-state index in [9.17, 15) is 4.79 Å². The highest BCUT2D eigenvalue weighted by molar-refractivity contribution is 5.60. The number of hydroxylamine groups is 2. The summed E-state index contributed by atoms with van der Waals surface area (Å²) < 4.78 is 16.9. The van der Waals surface area contributed by atoms with Gasteiger partial charge in [-0.25, -0.2) is 4.79 Å². The first-order valence-electron chi connectivity index (χ1n) is 10.7. The molecular formula is C25H33NO5. The van der Waals surface area contributed by atoms with E-state index in [0.717, 1.165) is 17.7 Å². The Kier molecular flexibility index (Phi) is 7.57. The van der Waals surface area contributed by atoms with Crippen LogP contribution >= 0.6 is 0 Å². The molecule has 2 unspecified atom stereocenters. The van der Waals surface area contributed by atoms with E-state index < -0.39 is 11.8 Å². The van der Waals surface area contributed by atoms with E-state index in [4.69, 9.17) is 19.0 Å². The minimum absolute atomic E-state index is 0.124. The molecule has 1 aliphatic heterocycles. The fourth-order valence-corrected chi connectivity index (χ4v) is 3.63. The minimum Gasteiger partial charge on any atom is -0.497 e. The van der Waals surface area contributed by atoms with Crippen LogP contribution in [0.2, 0.25) is 0 Å². The van der Waals surface area contributed by atoms with E-state index in [0.29, 0.717) is 19.7 Å². The number of hydrogen-bond donors (Lipinski definition) is 0. The summed E-state index contributed by atoms with van der Waals surface area (Å²) in [6.07, 6.45) is 0.00950. The van der Waals surface area contributed by atoms with Crippen LogP contribution in [0.3, 0.4) is 0 Å². The van der Waals surface area contributed by atoms with E-state index in [1.165, 1.54) is 11.1 Å². The summed E-state index contributed by atoms with van der Waals surface area (Å²) in [5.74, 6) is 1.04. The predicted molar refractivity (Wildman–Crippen MR) is 119 cm³/mol. The maximum Gasteiger partial charge on any atom is 0.528 e. The average molecular weight is 428 g/mol. The van der Waals surface area contributed by atoms with Crippen LogP contribution in [0, 0.1) is 6.92 Å². The normalized spacial score (nSPS) is 19.6. The molecule has 2 aromatic carbocycles. The highest BCUT2D eigenvalue weighted by Gasteiger charge is 2.34. The summed E-state index contributed by atoms with van der Waals surface area (Å²) in [5.41, 5.74) is 2.93. The van der Waals surface area contributed by atoms with Gasteiger partial charge in [-0.3, -0.25) is 0 Å². The van der Waals surface area contributed by atoms with Crippen LogP contribution in [0.4, 0.5) is 4.79 Å². The first kappa shape index (κ1) is 23.1. The standard InChI is InChI=1S/C25H33NO5/c1-18-6-10-20(11-7-18)22-14-15-26(31-24(27)30-25(2,3)4)16-23(22)29-17-19-8-12-21(28-5)13-9-19/h6-13,22-23H,14-17H2,1-5H3. The second kappa shape index (κ2) is 10.2. The number of benzene rings is 2. The Bertz CT molecular complexity index is 842. The predicted octanol–water partition coefficient (Wildman–Crippen LogP) is 5.25. The van der Waals surface area contributed by atoms with Gasteiger partial charge in [-0.2, -0.15) is 0 Å². The van der Waals surface area contributed by atoms with Crippen molar-refractivity contribution >= 4 is 6.16 Å². The molecule has 6 nitrogen and oxygen atoms in total. The number of carbonyl (C=O) groups is 1. The van der Waals surface area contributed by atoms with Gasteiger partial charge in [-0.1, -0.05) is 42.0 Å². The Hall–Kier alpha value is -2.57. The molecule has 0 bridgehead atoms. The number of nitrogens with zero attached hydrogens (tertiary/aromatic N) is 1. The Balaban J connectivity index is 1.69. The lowest BCUT2D eigenvalue weighted by Gasteiger charge is -2.37. The zero-order valence-corrected chi connectivity index (χ0v) is 19.1. The molecule has 1 fully saturated rings. The van der Waals surface area contributed by atoms with E-state index in [1.807, 2.05) is 45.0 Å². The zero-order chi connectivity index (χ0) is 22.4. The van der Waals surface area contributed by atoms with Crippen LogP contribution in [-0.2, 0) is 20.9 Å². The van der Waals surface area contributed by atoms with Crippen molar-refractivity contribution in [3.63, 3.8) is 0 Å². The van der Waals surface area contributed by atoms with E-state index in [-0.39, 0.29) is 12.0 Å². The molecule has 0 aromatic heterocycles. The monoisotopic (exact) mass is 427 g/mol. The van der Waals surface area contributed by atoms with Crippen molar-refractivity contribution in [2.75, 3.05) is 20.2 Å². The van der Waals surface area contributed by atoms with Crippen LogP contribution in [0.5, 0.6) is 5.75 Å². The third-order valence-electron chi connectivity index (χ3n) is 5.24. The fraction of sp³-hybridized carbons (Fsp3) is 0.480. The molecule has 3 rings (SSSR count). The molecule has 1 saturated heterocycles. The number of piperidine rings is 1. The second-order valence-electron chi connectivity index (χ2n) is 8.95. The van der Waals surface area contributed by atoms with E-state index >= 15 is 0 Å². The van der Waals surface area contributed by atoms with Crippen molar-refractivity contribution in [2.45, 2.75) is 58.3 Å². The molecule has 6 heteroatoms. The molecule has 0 amide bonds. The SMILES string of the molecule is COc1ccc(COC2CN(OC(=O)OC(C)(C)C)CCC2c2ccc(C)cc2)cc1. The molecule has 0 radical (unpaired) electrons. The van der Waals surface area contributed by atoms with Gasteiger partial charge in [-0.05, 0) is 57.4 Å². The van der Waals surface area contributed by atoms with Crippen LogP contribution < -0.4 is 4.74 Å². The Morgan fingerprint density at radius 1 is 1.06 bits per heavy atom. The molecule has 0 saturated carbocycles. The van der Waals surface area contributed by atoms with E-state index in [1.54, 1.807) is 12.2 Å². The largest absolute Gasteiger partial charge is 0.528 e. The summed E-state index contributed by atoms with van der Waals surface area (Å²) in [5, 5.41) is 1.65. The fourth-order valence-electron chi connectivity index (χ4n) is 3.63. The third-order valence-corrected chi connectivity index (χ3v) is 5.24. The lowest BCUT2D eigenvalue weighted by Crippen LogP contribution is -2.45. The number of carbonyl (C=O) groups excluding carboxylic acids is 1. The average Bonchev–Trinajstić information content (AvgIpc) is 2.72. The lowest BCUT2D eigenvalue weighted by molar-refractivity contribution is -0.179. The van der Waals surface area contributed by atoms with Gasteiger partial charge in [0.25, 0.3) is 0 Å². The van der Waals surface area contributed by atoms with Crippen LogP contribution in [0.15, 0.2) is 48.5 Å². The van der Waals surface area contributed by atoms with Crippen molar-refractivity contribution in [3.05, 3.63) is 65.2 Å².